The largest absolute Gasteiger partial charge is 0.756 e. The number of aliphatic hydroxyl groups excluding tert-OH is 1. The average molecular weight is 1170 g/mol. The number of phosphoric ester groups is 1. The first-order chi connectivity index (χ1) is 40.0. The van der Waals surface area contributed by atoms with E-state index in [0.717, 1.165) is 83.5 Å². The standard InChI is InChI=1S/C73H135N2O6P/c1-6-8-10-12-14-16-18-20-22-24-26-28-30-32-34-36-37-39-40-42-44-46-48-50-52-54-56-58-60-62-64-66-72(76)71(70-81-82(78,79)80-69-68-75(3,4)5)74-73(77)67-65-63-61-59-57-55-53-51-49-47-45-43-41-38-35-33-31-29-27-25-23-21-19-17-15-13-11-9-7-2/h9,11,15,17,21,23,27,29,33,35,41,43,64,66,71-72,76H,6-8,10,12-14,16,18-20,22,24-26,28,30-32,34,36-40,42,44-63,65,67-70H2,1-5H3,(H-,74,77,78,79)/b11-9-,17-15-,23-21-,29-27-,35-33-,43-41-,66-64+. The molecule has 0 saturated carbocycles. The Bertz CT molecular complexity index is 1610. The van der Waals surface area contributed by atoms with Crippen LogP contribution in [0.1, 0.15) is 322 Å². The predicted molar refractivity (Wildman–Crippen MR) is 357 cm³/mol. The molecule has 3 atom stereocenters. The monoisotopic (exact) mass is 1170 g/mol. The Balaban J connectivity index is 4.10. The lowest BCUT2D eigenvalue weighted by molar-refractivity contribution is -0.870. The van der Waals surface area contributed by atoms with Crippen LogP contribution >= 0.6 is 7.82 Å². The normalized spacial score (nSPS) is 14.2. The summed E-state index contributed by atoms with van der Waals surface area (Å²) in [6, 6.07) is -0.896. The van der Waals surface area contributed by atoms with Crippen LogP contribution in [-0.2, 0) is 18.4 Å². The molecule has 0 aromatic heterocycles. The molecule has 0 saturated heterocycles. The second-order valence-electron chi connectivity index (χ2n) is 24.9. The number of carbonyl (C=O) groups is 1. The lowest BCUT2D eigenvalue weighted by Gasteiger charge is -2.29. The fraction of sp³-hybridized carbons (Fsp3) is 0.795. The molecular formula is C73H135N2O6P. The molecule has 82 heavy (non-hydrogen) atoms. The van der Waals surface area contributed by atoms with Crippen LogP contribution in [0, 0.1) is 0 Å². The number of likely N-dealkylation sites (N-methyl/N-ethyl adjacent to an activating group) is 1. The zero-order valence-corrected chi connectivity index (χ0v) is 55.6. The van der Waals surface area contributed by atoms with E-state index in [1.807, 2.05) is 27.2 Å². The van der Waals surface area contributed by atoms with Crippen LogP contribution in [0.3, 0.4) is 0 Å². The van der Waals surface area contributed by atoms with Crippen molar-refractivity contribution in [3.63, 3.8) is 0 Å². The van der Waals surface area contributed by atoms with Crippen LogP contribution in [0.4, 0.5) is 0 Å². The maximum absolute atomic E-state index is 13.0. The highest BCUT2D eigenvalue weighted by Gasteiger charge is 2.23. The van der Waals surface area contributed by atoms with Gasteiger partial charge in [-0.1, -0.05) is 330 Å². The predicted octanol–water partition coefficient (Wildman–Crippen LogP) is 21.7. The minimum atomic E-state index is -4.61. The lowest BCUT2D eigenvalue weighted by Crippen LogP contribution is -2.45. The van der Waals surface area contributed by atoms with E-state index in [9.17, 15) is 19.4 Å². The smallest absolute Gasteiger partial charge is 0.268 e. The van der Waals surface area contributed by atoms with Crippen LogP contribution in [0.2, 0.25) is 0 Å². The number of phosphoric acid groups is 1. The van der Waals surface area contributed by atoms with Crippen molar-refractivity contribution in [2.45, 2.75) is 334 Å². The van der Waals surface area contributed by atoms with Crippen molar-refractivity contribution < 1.29 is 32.9 Å². The van der Waals surface area contributed by atoms with Crippen LogP contribution < -0.4 is 10.2 Å². The Labute approximate surface area is 509 Å². The quantitative estimate of drug-likeness (QED) is 0.0272. The van der Waals surface area contributed by atoms with E-state index in [4.69, 9.17) is 9.05 Å². The molecule has 0 radical (unpaired) electrons. The van der Waals surface area contributed by atoms with Gasteiger partial charge in [0.15, 0.2) is 0 Å². The Morgan fingerprint density at radius 2 is 0.744 bits per heavy atom. The summed E-state index contributed by atoms with van der Waals surface area (Å²) in [5.74, 6) is -0.201. The molecule has 478 valence electrons. The fourth-order valence-corrected chi connectivity index (χ4v) is 10.9. The number of amides is 1. The number of nitrogens with one attached hydrogen (secondary N) is 1. The number of nitrogens with zero attached hydrogens (tertiary/aromatic N) is 1. The van der Waals surface area contributed by atoms with Crippen LogP contribution in [0.25, 0.3) is 0 Å². The Kier molecular flexibility index (Phi) is 61.4. The minimum Gasteiger partial charge on any atom is -0.756 e. The van der Waals surface area contributed by atoms with Crippen LogP contribution in [-0.4, -0.2) is 68.5 Å². The SMILES string of the molecule is CC/C=C\C/C=C\C/C=C\C/C=C\C/C=C\C/C=C\CCCCCCCCCCCCC(=O)NC(COP(=O)([O-])OCC[N+](C)(C)C)C(O)/C=C/CCCCCCCCCCCCCCCCCCCCCCCCCCCCCCC. The van der Waals surface area contributed by atoms with Gasteiger partial charge in [-0.05, 0) is 70.6 Å². The molecule has 0 rings (SSSR count). The third-order valence-electron chi connectivity index (χ3n) is 15.6. The minimum absolute atomic E-state index is 0.00479. The van der Waals surface area contributed by atoms with Gasteiger partial charge in [0.2, 0.25) is 5.91 Å². The van der Waals surface area contributed by atoms with E-state index in [1.54, 1.807) is 6.08 Å². The fourth-order valence-electron chi connectivity index (χ4n) is 10.2. The molecule has 1 amide bonds. The van der Waals surface area contributed by atoms with E-state index >= 15 is 0 Å². The molecule has 0 spiro atoms. The molecule has 0 aromatic rings. The first-order valence-electron chi connectivity index (χ1n) is 34.9. The van der Waals surface area contributed by atoms with E-state index in [-0.39, 0.29) is 19.1 Å². The second kappa shape index (κ2) is 63.2. The van der Waals surface area contributed by atoms with Gasteiger partial charge in [-0.2, -0.15) is 0 Å². The molecule has 0 aliphatic carbocycles. The summed E-state index contributed by atoms with van der Waals surface area (Å²) >= 11 is 0. The maximum Gasteiger partial charge on any atom is 0.268 e. The number of hydrogen-bond donors (Lipinski definition) is 2. The third kappa shape index (κ3) is 65.2. The zero-order valence-electron chi connectivity index (χ0n) is 54.7. The molecule has 0 heterocycles. The zero-order chi connectivity index (χ0) is 59.8. The van der Waals surface area contributed by atoms with Gasteiger partial charge in [-0.25, -0.2) is 0 Å². The molecule has 2 N–H and O–H groups in total. The summed E-state index contributed by atoms with van der Waals surface area (Å²) in [4.78, 5) is 25.6. The van der Waals surface area contributed by atoms with Crippen LogP contribution in [0.15, 0.2) is 85.1 Å². The average Bonchev–Trinajstić information content (AvgIpc) is 3.47. The van der Waals surface area contributed by atoms with E-state index in [1.165, 1.54) is 218 Å². The molecule has 0 aromatic carbocycles. The Morgan fingerprint density at radius 3 is 1.09 bits per heavy atom. The molecular weight excluding hydrogens is 1030 g/mol. The number of carbonyl (C=O) groups excluding carboxylic acids is 1. The van der Waals surface area contributed by atoms with Crippen molar-refractivity contribution in [3.05, 3.63) is 85.1 Å². The van der Waals surface area contributed by atoms with E-state index < -0.39 is 20.0 Å². The number of aliphatic hydroxyl groups is 1. The van der Waals surface area contributed by atoms with Gasteiger partial charge in [0.25, 0.3) is 7.82 Å². The van der Waals surface area contributed by atoms with Crippen molar-refractivity contribution in [3.8, 4) is 0 Å². The maximum atomic E-state index is 13.0. The van der Waals surface area contributed by atoms with Crippen molar-refractivity contribution >= 4 is 13.7 Å². The van der Waals surface area contributed by atoms with Gasteiger partial charge >= 0.3 is 0 Å². The number of hydrogen-bond acceptors (Lipinski definition) is 6. The Morgan fingerprint density at radius 1 is 0.439 bits per heavy atom. The van der Waals surface area contributed by atoms with Crippen molar-refractivity contribution in [1.82, 2.24) is 5.32 Å². The molecule has 0 fully saturated rings. The van der Waals surface area contributed by atoms with Gasteiger partial charge in [0, 0.05) is 6.42 Å². The lowest BCUT2D eigenvalue weighted by atomic mass is 10.0. The van der Waals surface area contributed by atoms with Gasteiger partial charge in [-0.15, -0.1) is 0 Å². The summed E-state index contributed by atoms with van der Waals surface area (Å²) in [6.07, 6.45) is 89.8. The van der Waals surface area contributed by atoms with E-state index in [2.05, 4.69) is 92.1 Å². The molecule has 0 aliphatic heterocycles. The number of allylic oxidation sites excluding steroid dienone is 13. The summed E-state index contributed by atoms with van der Waals surface area (Å²) in [7, 11) is 1.26. The van der Waals surface area contributed by atoms with Crippen molar-refractivity contribution in [2.24, 2.45) is 0 Å². The molecule has 0 aliphatic rings. The van der Waals surface area contributed by atoms with Crippen molar-refractivity contribution in [1.29, 1.82) is 0 Å². The molecule has 3 unspecified atom stereocenters. The summed E-state index contributed by atoms with van der Waals surface area (Å²) < 4.78 is 23.5. The summed E-state index contributed by atoms with van der Waals surface area (Å²) in [5, 5.41) is 14.0. The third-order valence-corrected chi connectivity index (χ3v) is 16.6. The highest BCUT2D eigenvalue weighted by molar-refractivity contribution is 7.45. The van der Waals surface area contributed by atoms with Gasteiger partial charge in [0.05, 0.1) is 39.9 Å². The number of unbranched alkanes of at least 4 members (excludes halogenated alkanes) is 39. The first-order valence-corrected chi connectivity index (χ1v) is 36.4. The van der Waals surface area contributed by atoms with Crippen LogP contribution in [0.5, 0.6) is 0 Å². The molecule has 0 bridgehead atoms. The highest BCUT2D eigenvalue weighted by atomic mass is 31.2. The highest BCUT2D eigenvalue weighted by Crippen LogP contribution is 2.38. The van der Waals surface area contributed by atoms with Gasteiger partial charge in [0.1, 0.15) is 13.2 Å². The topological polar surface area (TPSA) is 108 Å². The van der Waals surface area contributed by atoms with Gasteiger partial charge < -0.3 is 28.8 Å². The first kappa shape index (κ1) is 79.7. The Hall–Kier alpha value is -2.32. The summed E-state index contributed by atoms with van der Waals surface area (Å²) in [6.45, 7) is 4.57. The van der Waals surface area contributed by atoms with Gasteiger partial charge in [-0.3, -0.25) is 9.36 Å². The summed E-state index contributed by atoms with van der Waals surface area (Å²) in [5.41, 5.74) is 0. The van der Waals surface area contributed by atoms with Crippen molar-refractivity contribution in [2.75, 3.05) is 40.9 Å². The molecule has 9 heteroatoms. The van der Waals surface area contributed by atoms with E-state index in [0.29, 0.717) is 17.4 Å². The molecule has 8 nitrogen and oxygen atoms in total. The second-order valence-corrected chi connectivity index (χ2v) is 26.3. The number of rotatable bonds is 64. The number of quaternary nitrogens is 1.